The first-order valence-corrected chi connectivity index (χ1v) is 17.2. The van der Waals surface area contributed by atoms with E-state index in [1.54, 1.807) is 0 Å². The molecule has 0 aromatic heterocycles. The Labute approximate surface area is 244 Å². The van der Waals surface area contributed by atoms with Crippen molar-refractivity contribution < 1.29 is 0 Å². The van der Waals surface area contributed by atoms with E-state index in [2.05, 4.69) is 157 Å². The molecule has 0 fully saturated rings. The summed E-state index contributed by atoms with van der Waals surface area (Å²) in [5.74, 6) is 0. The topological polar surface area (TPSA) is 3.24 Å². The van der Waals surface area contributed by atoms with Gasteiger partial charge in [-0.1, -0.05) is 115 Å². The lowest BCUT2D eigenvalue weighted by Crippen LogP contribution is -2.78. The van der Waals surface area contributed by atoms with Crippen molar-refractivity contribution in [2.24, 2.45) is 0 Å². The molecule has 6 aromatic carbocycles. The molecule has 190 valence electrons. The number of para-hydroxylation sites is 2. The highest BCUT2D eigenvalue weighted by Crippen LogP contribution is 2.41. The zero-order valence-electron chi connectivity index (χ0n) is 21.7. The molecule has 0 radical (unpaired) electrons. The molecule has 0 bridgehead atoms. The predicted octanol–water partition coefficient (Wildman–Crippen LogP) is 7.46. The van der Waals surface area contributed by atoms with E-state index in [1.165, 1.54) is 46.0 Å². The van der Waals surface area contributed by atoms with Gasteiger partial charge in [0.2, 0.25) is 0 Å². The smallest absolute Gasteiger partial charge is 0.184 e. The number of anilines is 3. The third-order valence-corrected chi connectivity index (χ3v) is 15.9. The summed E-state index contributed by atoms with van der Waals surface area (Å²) in [5, 5.41) is 5.97. The van der Waals surface area contributed by atoms with Gasteiger partial charge in [0.15, 0.2) is 8.07 Å². The molecule has 4 heteroatoms. The number of fused-ring (bicyclic) bond motifs is 8. The highest BCUT2D eigenvalue weighted by atomic mass is 32.2. The summed E-state index contributed by atoms with van der Waals surface area (Å²) in [7, 11) is -2.60. The van der Waals surface area contributed by atoms with Crippen LogP contribution in [-0.4, -0.2) is 8.07 Å². The maximum Gasteiger partial charge on any atom is 0.184 e. The maximum absolute atomic E-state index is 2.60. The average Bonchev–Trinajstić information content (AvgIpc) is 3.02. The van der Waals surface area contributed by atoms with Crippen LogP contribution in [0.1, 0.15) is 0 Å². The van der Waals surface area contributed by atoms with Crippen molar-refractivity contribution in [3.8, 4) is 0 Å². The summed E-state index contributed by atoms with van der Waals surface area (Å²) in [6.07, 6.45) is 0. The van der Waals surface area contributed by atoms with E-state index in [-0.39, 0.29) is 0 Å². The Morgan fingerprint density at radius 1 is 0.350 bits per heavy atom. The predicted molar refractivity (Wildman–Crippen MR) is 173 cm³/mol. The molecular weight excluding hydrogens is 539 g/mol. The first-order chi connectivity index (χ1) is 19.8. The molecule has 8 rings (SSSR count). The van der Waals surface area contributed by atoms with Gasteiger partial charge in [0.25, 0.3) is 0 Å². The number of nitrogens with zero attached hydrogens (tertiary/aromatic N) is 1. The summed E-state index contributed by atoms with van der Waals surface area (Å²) in [6, 6.07) is 56.1. The van der Waals surface area contributed by atoms with Gasteiger partial charge in [-0.3, -0.25) is 0 Å². The molecule has 6 aromatic rings. The average molecular weight is 564 g/mol. The maximum atomic E-state index is 2.51. The Kier molecular flexibility index (Phi) is 5.73. The Morgan fingerprint density at radius 3 is 1.23 bits per heavy atom. The quantitative estimate of drug-likeness (QED) is 0.205. The van der Waals surface area contributed by atoms with Crippen molar-refractivity contribution in [2.75, 3.05) is 4.90 Å². The fraction of sp³-hybridized carbons (Fsp3) is 0. The van der Waals surface area contributed by atoms with Crippen molar-refractivity contribution in [1.82, 2.24) is 0 Å². The molecule has 1 nitrogen and oxygen atoms in total. The zero-order chi connectivity index (χ0) is 26.5. The zero-order valence-corrected chi connectivity index (χ0v) is 24.3. The van der Waals surface area contributed by atoms with Crippen molar-refractivity contribution >= 4 is 69.4 Å². The monoisotopic (exact) mass is 563 g/mol. The van der Waals surface area contributed by atoms with E-state index in [0.29, 0.717) is 0 Å². The molecule has 2 heterocycles. The van der Waals surface area contributed by atoms with Gasteiger partial charge < -0.3 is 4.90 Å². The first-order valence-electron chi connectivity index (χ1n) is 13.5. The van der Waals surface area contributed by atoms with E-state index >= 15 is 0 Å². The fourth-order valence-electron chi connectivity index (χ4n) is 6.34. The van der Waals surface area contributed by atoms with E-state index in [4.69, 9.17) is 0 Å². The van der Waals surface area contributed by atoms with Gasteiger partial charge >= 0.3 is 0 Å². The minimum Gasteiger partial charge on any atom is -0.311 e. The molecular formula is C36H25NS2Si. The van der Waals surface area contributed by atoms with Gasteiger partial charge in [-0.25, -0.2) is 0 Å². The van der Waals surface area contributed by atoms with Crippen LogP contribution in [0.15, 0.2) is 171 Å². The summed E-state index contributed by atoms with van der Waals surface area (Å²) < 4.78 is 0. The van der Waals surface area contributed by atoms with Crippen LogP contribution < -0.4 is 25.6 Å². The summed E-state index contributed by atoms with van der Waals surface area (Å²) in [4.78, 5) is 7.91. The van der Waals surface area contributed by atoms with Crippen molar-refractivity contribution in [2.45, 2.75) is 19.6 Å². The molecule has 2 aliphatic rings. The van der Waals surface area contributed by atoms with Gasteiger partial charge in [-0.2, -0.15) is 0 Å². The Bertz CT molecular complexity index is 1730. The summed E-state index contributed by atoms with van der Waals surface area (Å²) in [5.41, 5.74) is 3.51. The van der Waals surface area contributed by atoms with Crippen molar-refractivity contribution in [3.05, 3.63) is 152 Å². The number of benzene rings is 6. The van der Waals surface area contributed by atoms with Crippen LogP contribution in [0.2, 0.25) is 0 Å². The van der Waals surface area contributed by atoms with E-state index < -0.39 is 8.07 Å². The Hall–Kier alpha value is -3.96. The van der Waals surface area contributed by atoms with Crippen molar-refractivity contribution in [1.29, 1.82) is 0 Å². The molecule has 40 heavy (non-hydrogen) atoms. The lowest BCUT2D eigenvalue weighted by atomic mass is 10.2. The second kappa shape index (κ2) is 9.60. The Morgan fingerprint density at radius 2 is 0.750 bits per heavy atom. The molecule has 0 unspecified atom stereocenters. The van der Waals surface area contributed by atoms with Crippen molar-refractivity contribution in [3.63, 3.8) is 0 Å². The van der Waals surface area contributed by atoms with Crippen LogP contribution in [0.5, 0.6) is 0 Å². The highest BCUT2D eigenvalue weighted by Gasteiger charge is 2.51. The Balaban J connectivity index is 1.46. The first kappa shape index (κ1) is 23.9. The van der Waals surface area contributed by atoms with Crippen LogP contribution in [-0.2, 0) is 0 Å². The summed E-state index contributed by atoms with van der Waals surface area (Å²) >= 11 is 3.84. The van der Waals surface area contributed by atoms with Gasteiger partial charge in [0.05, 0.1) is 0 Å². The third kappa shape index (κ3) is 3.57. The molecule has 0 amide bonds. The van der Waals surface area contributed by atoms with E-state index in [0.717, 1.165) is 11.4 Å². The van der Waals surface area contributed by atoms with Gasteiger partial charge in [0, 0.05) is 36.6 Å². The molecule has 0 saturated heterocycles. The second-order valence-electron chi connectivity index (χ2n) is 10.1. The molecule has 0 aliphatic carbocycles. The molecule has 0 atom stereocenters. The largest absolute Gasteiger partial charge is 0.311 e. The van der Waals surface area contributed by atoms with Crippen LogP contribution >= 0.6 is 23.5 Å². The van der Waals surface area contributed by atoms with E-state index in [9.17, 15) is 0 Å². The number of hydrogen-bond acceptors (Lipinski definition) is 3. The lowest BCUT2D eigenvalue weighted by molar-refractivity contribution is 1.27. The SMILES string of the molecule is c1ccc(N(c2ccccc2)c2ccc3c(c2)[Si]2(c4ccccc4Sc4ccccc42)c2ccccc2S3)cc1. The highest BCUT2D eigenvalue weighted by molar-refractivity contribution is 8.01. The minimum atomic E-state index is -2.60. The summed E-state index contributed by atoms with van der Waals surface area (Å²) in [6.45, 7) is 0. The van der Waals surface area contributed by atoms with Gasteiger partial charge in [0.1, 0.15) is 0 Å². The molecule has 2 aliphatic heterocycles. The van der Waals surface area contributed by atoms with Crippen LogP contribution in [0.4, 0.5) is 17.1 Å². The van der Waals surface area contributed by atoms with Crippen LogP contribution in [0.25, 0.3) is 0 Å². The standard InChI is InChI=1S/C36H25NS2Si/c1-3-13-26(14-4-1)37(27-15-5-2-6-16-27)28-23-24-32-36(25-28)40(35-22-12-9-19-31(35)39-32)33-20-10-7-17-29(33)38-30-18-8-11-21-34(30)40/h1-25H. The van der Waals surface area contributed by atoms with Crippen LogP contribution in [0.3, 0.4) is 0 Å². The number of hydrogen-bond donors (Lipinski definition) is 0. The van der Waals surface area contributed by atoms with E-state index in [1.807, 2.05) is 23.5 Å². The molecule has 0 N–H and O–H groups in total. The number of rotatable bonds is 3. The van der Waals surface area contributed by atoms with Gasteiger partial charge in [-0.15, -0.1) is 0 Å². The molecule has 1 spiro atoms. The molecule has 0 saturated carbocycles. The second-order valence-corrected chi connectivity index (χ2v) is 16.0. The fourth-order valence-corrected chi connectivity index (χ4v) is 15.5. The minimum absolute atomic E-state index is 1.16. The van der Waals surface area contributed by atoms with Crippen LogP contribution in [0, 0.1) is 0 Å². The van der Waals surface area contributed by atoms with Gasteiger partial charge in [-0.05, 0) is 81.4 Å². The normalized spacial score (nSPS) is 14.0. The lowest BCUT2D eigenvalue weighted by Gasteiger charge is -2.44. The third-order valence-electron chi connectivity index (χ3n) is 7.97.